The Labute approximate surface area is 127 Å². The third-order valence-corrected chi connectivity index (χ3v) is 3.81. The maximum Gasteiger partial charge on any atom is 0.270 e. The third-order valence-electron chi connectivity index (χ3n) is 3.02. The lowest BCUT2D eigenvalue weighted by molar-refractivity contribution is 0.0934. The second-order valence-electron chi connectivity index (χ2n) is 5.18. The van der Waals surface area contributed by atoms with E-state index in [0.717, 1.165) is 16.4 Å². The molecule has 6 nitrogen and oxygen atoms in total. The predicted molar refractivity (Wildman–Crippen MR) is 83.3 cm³/mol. The van der Waals surface area contributed by atoms with Crippen molar-refractivity contribution in [3.63, 3.8) is 0 Å². The van der Waals surface area contributed by atoms with Gasteiger partial charge >= 0.3 is 0 Å². The van der Waals surface area contributed by atoms with Gasteiger partial charge in [-0.05, 0) is 25.8 Å². The summed E-state index contributed by atoms with van der Waals surface area (Å²) in [6, 6.07) is 1.50. The molecule has 1 atom stereocenters. The highest BCUT2D eigenvalue weighted by atomic mass is 32.1. The molecule has 0 saturated heterocycles. The van der Waals surface area contributed by atoms with Crippen LogP contribution in [0.2, 0.25) is 0 Å². The molecule has 7 heteroatoms. The Morgan fingerprint density at radius 2 is 1.95 bits per heavy atom. The average molecular weight is 305 g/mol. The zero-order valence-corrected chi connectivity index (χ0v) is 13.4. The van der Waals surface area contributed by atoms with Gasteiger partial charge in [0.2, 0.25) is 5.95 Å². The molecular formula is C14H19N5OS. The van der Waals surface area contributed by atoms with Crippen LogP contribution >= 0.6 is 11.3 Å². The molecule has 0 saturated carbocycles. The first kappa shape index (κ1) is 15.4. The number of hydrogen-bond donors (Lipinski definition) is 2. The maximum absolute atomic E-state index is 12.3. The van der Waals surface area contributed by atoms with Crippen LogP contribution in [-0.2, 0) is 0 Å². The molecule has 0 aromatic carbocycles. The Morgan fingerprint density at radius 1 is 1.24 bits per heavy atom. The molecule has 0 radical (unpaired) electrons. The number of carbonyl (C=O) groups excluding carboxylic acids is 1. The second kappa shape index (κ2) is 6.17. The molecule has 0 bridgehead atoms. The van der Waals surface area contributed by atoms with Crippen LogP contribution in [0.25, 0.3) is 0 Å². The van der Waals surface area contributed by atoms with E-state index in [1.54, 1.807) is 17.4 Å². The van der Waals surface area contributed by atoms with Crippen molar-refractivity contribution in [2.45, 2.75) is 39.7 Å². The number of anilines is 1. The molecule has 2 heterocycles. The summed E-state index contributed by atoms with van der Waals surface area (Å²) < 4.78 is 0. The molecule has 0 aliphatic carbocycles. The summed E-state index contributed by atoms with van der Waals surface area (Å²) in [5.41, 5.74) is 7.55. The summed E-state index contributed by atoms with van der Waals surface area (Å²) in [7, 11) is 0. The fraction of sp³-hybridized carbons (Fsp3) is 0.429. The van der Waals surface area contributed by atoms with Gasteiger partial charge in [0, 0.05) is 11.1 Å². The Morgan fingerprint density at radius 3 is 2.52 bits per heavy atom. The van der Waals surface area contributed by atoms with E-state index in [1.165, 1.54) is 0 Å². The quantitative estimate of drug-likeness (QED) is 0.904. The maximum atomic E-state index is 12.3. The number of hydrogen-bond acceptors (Lipinski definition) is 6. The summed E-state index contributed by atoms with van der Waals surface area (Å²) in [6.45, 7) is 7.80. The van der Waals surface area contributed by atoms with Gasteiger partial charge < -0.3 is 11.1 Å². The lowest BCUT2D eigenvalue weighted by atomic mass is 10.1. The first-order chi connectivity index (χ1) is 9.86. The van der Waals surface area contributed by atoms with Crippen LogP contribution in [0.5, 0.6) is 0 Å². The summed E-state index contributed by atoms with van der Waals surface area (Å²) in [4.78, 5) is 24.8. The SMILES string of the molecule is Cc1nc(C(C)NC(=O)c2cc(C(C)C)nc(N)n2)cs1. The van der Waals surface area contributed by atoms with Crippen molar-refractivity contribution in [2.75, 3.05) is 5.73 Å². The zero-order chi connectivity index (χ0) is 15.6. The van der Waals surface area contributed by atoms with Gasteiger partial charge in [-0.25, -0.2) is 15.0 Å². The van der Waals surface area contributed by atoms with Crippen LogP contribution in [-0.4, -0.2) is 20.9 Å². The molecule has 112 valence electrons. The largest absolute Gasteiger partial charge is 0.368 e. The Hall–Kier alpha value is -2.02. The lowest BCUT2D eigenvalue weighted by Crippen LogP contribution is -2.28. The van der Waals surface area contributed by atoms with E-state index in [1.807, 2.05) is 33.1 Å². The molecule has 2 rings (SSSR count). The van der Waals surface area contributed by atoms with Crippen molar-refractivity contribution in [1.82, 2.24) is 20.3 Å². The van der Waals surface area contributed by atoms with Crippen LogP contribution in [0.15, 0.2) is 11.4 Å². The van der Waals surface area contributed by atoms with Crippen molar-refractivity contribution in [3.8, 4) is 0 Å². The van der Waals surface area contributed by atoms with E-state index in [-0.39, 0.29) is 29.5 Å². The predicted octanol–water partition coefficient (Wildman–Crippen LogP) is 2.44. The van der Waals surface area contributed by atoms with Gasteiger partial charge in [-0.1, -0.05) is 13.8 Å². The van der Waals surface area contributed by atoms with Gasteiger partial charge in [-0.3, -0.25) is 4.79 Å². The second-order valence-corrected chi connectivity index (χ2v) is 6.24. The highest BCUT2D eigenvalue weighted by molar-refractivity contribution is 7.09. The summed E-state index contributed by atoms with van der Waals surface area (Å²) >= 11 is 1.56. The number of thiazole rings is 1. The molecule has 21 heavy (non-hydrogen) atoms. The van der Waals surface area contributed by atoms with E-state index in [9.17, 15) is 4.79 Å². The number of rotatable bonds is 4. The number of aromatic nitrogens is 3. The van der Waals surface area contributed by atoms with Crippen molar-refractivity contribution in [1.29, 1.82) is 0 Å². The standard InChI is InChI=1S/C14H19N5OS/c1-7(2)10-5-11(19-14(15)18-10)13(20)16-8(3)12-6-21-9(4)17-12/h5-8H,1-4H3,(H,16,20)(H2,15,18,19). The van der Waals surface area contributed by atoms with Crippen molar-refractivity contribution < 1.29 is 4.79 Å². The van der Waals surface area contributed by atoms with Gasteiger partial charge in [0.25, 0.3) is 5.91 Å². The molecule has 2 aromatic heterocycles. The first-order valence-corrected chi connectivity index (χ1v) is 7.62. The molecule has 2 aromatic rings. The fourth-order valence-electron chi connectivity index (χ4n) is 1.82. The minimum Gasteiger partial charge on any atom is -0.368 e. The number of nitrogens with two attached hydrogens (primary N) is 1. The van der Waals surface area contributed by atoms with Gasteiger partial charge in [0.15, 0.2) is 0 Å². The van der Waals surface area contributed by atoms with E-state index >= 15 is 0 Å². The summed E-state index contributed by atoms with van der Waals surface area (Å²) in [6.07, 6.45) is 0. The number of carbonyl (C=O) groups is 1. The number of nitrogens with one attached hydrogen (secondary N) is 1. The smallest absolute Gasteiger partial charge is 0.270 e. The lowest BCUT2D eigenvalue weighted by Gasteiger charge is -2.12. The van der Waals surface area contributed by atoms with Crippen molar-refractivity contribution in [2.24, 2.45) is 0 Å². The highest BCUT2D eigenvalue weighted by Gasteiger charge is 2.16. The molecule has 3 N–H and O–H groups in total. The van der Waals surface area contributed by atoms with Gasteiger partial charge in [-0.15, -0.1) is 11.3 Å². The normalized spacial score (nSPS) is 12.4. The minimum atomic E-state index is -0.274. The van der Waals surface area contributed by atoms with Crippen LogP contribution in [0.3, 0.4) is 0 Å². The van der Waals surface area contributed by atoms with E-state index < -0.39 is 0 Å². The Balaban J connectivity index is 2.16. The molecule has 0 aliphatic heterocycles. The van der Waals surface area contributed by atoms with E-state index in [4.69, 9.17) is 5.73 Å². The van der Waals surface area contributed by atoms with Crippen LogP contribution < -0.4 is 11.1 Å². The summed E-state index contributed by atoms with van der Waals surface area (Å²) in [5, 5.41) is 5.79. The first-order valence-electron chi connectivity index (χ1n) is 6.74. The molecule has 0 aliphatic rings. The minimum absolute atomic E-state index is 0.114. The van der Waals surface area contributed by atoms with Crippen LogP contribution in [0.1, 0.15) is 59.6 Å². The third kappa shape index (κ3) is 3.75. The van der Waals surface area contributed by atoms with E-state index in [0.29, 0.717) is 0 Å². The fourth-order valence-corrected chi connectivity index (χ4v) is 2.53. The number of amides is 1. The van der Waals surface area contributed by atoms with Crippen LogP contribution in [0.4, 0.5) is 5.95 Å². The molecule has 0 fully saturated rings. The molecular weight excluding hydrogens is 286 g/mol. The molecule has 1 unspecified atom stereocenters. The Bertz CT molecular complexity index is 653. The van der Waals surface area contributed by atoms with Gasteiger partial charge in [0.1, 0.15) is 5.69 Å². The monoisotopic (exact) mass is 305 g/mol. The van der Waals surface area contributed by atoms with E-state index in [2.05, 4.69) is 20.3 Å². The average Bonchev–Trinajstić information content (AvgIpc) is 2.84. The topological polar surface area (TPSA) is 93.8 Å². The van der Waals surface area contributed by atoms with Crippen LogP contribution in [0, 0.1) is 6.92 Å². The Kier molecular flexibility index (Phi) is 4.52. The van der Waals surface area contributed by atoms with Gasteiger partial charge in [0.05, 0.1) is 16.7 Å². The number of nitrogen functional groups attached to an aromatic ring is 1. The number of nitrogens with zero attached hydrogens (tertiary/aromatic N) is 3. The number of aryl methyl sites for hydroxylation is 1. The van der Waals surface area contributed by atoms with Gasteiger partial charge in [-0.2, -0.15) is 0 Å². The molecule has 0 spiro atoms. The highest BCUT2D eigenvalue weighted by Crippen LogP contribution is 2.17. The molecule has 1 amide bonds. The van der Waals surface area contributed by atoms with Crippen molar-refractivity contribution >= 4 is 23.2 Å². The van der Waals surface area contributed by atoms with Crippen molar-refractivity contribution in [3.05, 3.63) is 33.5 Å². The zero-order valence-electron chi connectivity index (χ0n) is 12.5. The summed E-state index contributed by atoms with van der Waals surface area (Å²) in [5.74, 6) is 0.0214.